The fourth-order valence-electron chi connectivity index (χ4n) is 2.95. The summed E-state index contributed by atoms with van der Waals surface area (Å²) >= 11 is 3.43. The van der Waals surface area contributed by atoms with E-state index in [1.165, 1.54) is 0 Å². The second-order valence-electron chi connectivity index (χ2n) is 5.83. The van der Waals surface area contributed by atoms with E-state index in [1.807, 2.05) is 61.5 Å². The molecular formula is C20H18BrNO2. The molecule has 0 aromatic heterocycles. The molecule has 2 aromatic carbocycles. The van der Waals surface area contributed by atoms with E-state index in [9.17, 15) is 9.59 Å². The van der Waals surface area contributed by atoms with Crippen LogP contribution in [0.3, 0.4) is 0 Å². The van der Waals surface area contributed by atoms with Crippen LogP contribution in [0.25, 0.3) is 6.08 Å². The second-order valence-corrected chi connectivity index (χ2v) is 6.75. The fraction of sp³-hybridized carbons (Fsp3) is 0.200. The highest BCUT2D eigenvalue weighted by molar-refractivity contribution is 9.10. The van der Waals surface area contributed by atoms with Gasteiger partial charge in [-0.15, -0.1) is 0 Å². The number of ketones is 1. The predicted octanol–water partition coefficient (Wildman–Crippen LogP) is 4.94. The zero-order valence-electron chi connectivity index (χ0n) is 13.4. The van der Waals surface area contributed by atoms with Gasteiger partial charge >= 0.3 is 0 Å². The quantitative estimate of drug-likeness (QED) is 0.743. The van der Waals surface area contributed by atoms with Crippen LogP contribution in [0.15, 0.2) is 58.6 Å². The van der Waals surface area contributed by atoms with Gasteiger partial charge in [0.15, 0.2) is 5.78 Å². The zero-order chi connectivity index (χ0) is 17.1. The molecule has 0 saturated heterocycles. The molecule has 1 unspecified atom stereocenters. The molecule has 122 valence electrons. The van der Waals surface area contributed by atoms with Crippen molar-refractivity contribution in [2.45, 2.75) is 25.7 Å². The van der Waals surface area contributed by atoms with Gasteiger partial charge in [-0.3, -0.25) is 9.59 Å². The number of allylic oxidation sites excluding steroid dienone is 1. The van der Waals surface area contributed by atoms with Gasteiger partial charge in [0.25, 0.3) is 0 Å². The van der Waals surface area contributed by atoms with Gasteiger partial charge in [0.2, 0.25) is 5.91 Å². The lowest BCUT2D eigenvalue weighted by Gasteiger charge is -2.10. The number of rotatable bonds is 5. The number of carbonyl (C=O) groups is 2. The minimum Gasteiger partial charge on any atom is -0.325 e. The van der Waals surface area contributed by atoms with Crippen molar-refractivity contribution in [2.24, 2.45) is 0 Å². The first-order valence-electron chi connectivity index (χ1n) is 7.97. The highest BCUT2D eigenvalue weighted by Gasteiger charge is 2.32. The Kier molecular flexibility index (Phi) is 4.95. The molecule has 1 aliphatic rings. The number of amides is 1. The lowest BCUT2D eigenvalue weighted by atomic mass is 9.91. The first kappa shape index (κ1) is 16.7. The smallest absolute Gasteiger partial charge is 0.232 e. The molecule has 3 nitrogen and oxygen atoms in total. The van der Waals surface area contributed by atoms with Crippen LogP contribution in [0.4, 0.5) is 5.69 Å². The van der Waals surface area contributed by atoms with E-state index in [-0.39, 0.29) is 18.1 Å². The van der Waals surface area contributed by atoms with E-state index in [0.29, 0.717) is 6.42 Å². The standard InChI is InChI=1S/C20H18BrNO2/c1-2-14(10-13-6-4-3-5-7-13)19(23)12-17-16-11-15(21)8-9-18(16)22-20(17)24/h3-11,17H,2,12H2,1H3,(H,22,24)/b14-10+. The number of anilines is 1. The van der Waals surface area contributed by atoms with Crippen LogP contribution in [0, 0.1) is 0 Å². The Hall–Kier alpha value is -2.20. The van der Waals surface area contributed by atoms with Crippen molar-refractivity contribution in [3.8, 4) is 0 Å². The van der Waals surface area contributed by atoms with Gasteiger partial charge in [0, 0.05) is 16.6 Å². The molecule has 0 fully saturated rings. The number of Topliss-reactive ketones (excluding diaryl/α,β-unsaturated/α-hetero) is 1. The molecule has 0 bridgehead atoms. The molecule has 4 heteroatoms. The van der Waals surface area contributed by atoms with Crippen molar-refractivity contribution in [3.05, 3.63) is 69.7 Å². The molecule has 24 heavy (non-hydrogen) atoms. The number of fused-ring (bicyclic) bond motifs is 1. The van der Waals surface area contributed by atoms with E-state index in [4.69, 9.17) is 0 Å². The van der Waals surface area contributed by atoms with Crippen LogP contribution in [0.5, 0.6) is 0 Å². The Morgan fingerprint density at radius 2 is 1.96 bits per heavy atom. The topological polar surface area (TPSA) is 46.2 Å². The lowest BCUT2D eigenvalue weighted by Crippen LogP contribution is -2.16. The highest BCUT2D eigenvalue weighted by Crippen LogP contribution is 2.37. The first-order chi connectivity index (χ1) is 11.6. The van der Waals surface area contributed by atoms with Gasteiger partial charge in [-0.05, 0) is 47.4 Å². The molecule has 0 radical (unpaired) electrons. The molecule has 1 aliphatic heterocycles. The van der Waals surface area contributed by atoms with Gasteiger partial charge < -0.3 is 5.32 Å². The van der Waals surface area contributed by atoms with Crippen molar-refractivity contribution in [1.82, 2.24) is 0 Å². The SMILES string of the molecule is CC/C(=C\c1ccccc1)C(=O)CC1C(=O)Nc2ccc(Br)cc21. The largest absolute Gasteiger partial charge is 0.325 e. The van der Waals surface area contributed by atoms with Crippen LogP contribution in [-0.2, 0) is 9.59 Å². The summed E-state index contributed by atoms with van der Waals surface area (Å²) < 4.78 is 0.908. The highest BCUT2D eigenvalue weighted by atomic mass is 79.9. The molecule has 3 rings (SSSR count). The maximum Gasteiger partial charge on any atom is 0.232 e. The molecular weight excluding hydrogens is 366 g/mol. The number of hydrogen-bond acceptors (Lipinski definition) is 2. The van der Waals surface area contributed by atoms with Crippen molar-refractivity contribution in [3.63, 3.8) is 0 Å². The lowest BCUT2D eigenvalue weighted by molar-refractivity contribution is -0.121. The molecule has 1 N–H and O–H groups in total. The van der Waals surface area contributed by atoms with Gasteiger partial charge in [0.05, 0.1) is 5.92 Å². The van der Waals surface area contributed by atoms with Crippen molar-refractivity contribution < 1.29 is 9.59 Å². The van der Waals surface area contributed by atoms with Gasteiger partial charge in [-0.1, -0.05) is 53.2 Å². The summed E-state index contributed by atoms with van der Waals surface area (Å²) in [6.07, 6.45) is 2.76. The predicted molar refractivity (Wildman–Crippen MR) is 99.8 cm³/mol. The van der Waals surface area contributed by atoms with Crippen molar-refractivity contribution in [2.75, 3.05) is 5.32 Å². The van der Waals surface area contributed by atoms with Crippen molar-refractivity contribution in [1.29, 1.82) is 0 Å². The van der Waals surface area contributed by atoms with Crippen molar-refractivity contribution >= 4 is 39.4 Å². The Labute approximate surface area is 149 Å². The fourth-order valence-corrected chi connectivity index (χ4v) is 3.32. The van der Waals surface area contributed by atoms with E-state index in [0.717, 1.165) is 26.9 Å². The summed E-state index contributed by atoms with van der Waals surface area (Å²) in [4.78, 5) is 25.0. The minimum absolute atomic E-state index is 0.0225. The summed E-state index contributed by atoms with van der Waals surface area (Å²) in [5.74, 6) is -0.503. The van der Waals surface area contributed by atoms with Gasteiger partial charge in [-0.2, -0.15) is 0 Å². The Morgan fingerprint density at radius 3 is 2.67 bits per heavy atom. The normalized spacial score (nSPS) is 16.7. The number of benzene rings is 2. The number of hydrogen-bond donors (Lipinski definition) is 1. The molecule has 0 aliphatic carbocycles. The summed E-state index contributed by atoms with van der Waals surface area (Å²) in [7, 11) is 0. The zero-order valence-corrected chi connectivity index (χ0v) is 15.0. The average Bonchev–Trinajstić information content (AvgIpc) is 2.89. The minimum atomic E-state index is -0.421. The Balaban J connectivity index is 1.83. The third-order valence-electron chi connectivity index (χ3n) is 4.23. The van der Waals surface area contributed by atoms with E-state index >= 15 is 0 Å². The van der Waals surface area contributed by atoms with E-state index in [1.54, 1.807) is 0 Å². The first-order valence-corrected chi connectivity index (χ1v) is 8.77. The Bertz CT molecular complexity index is 812. The maximum atomic E-state index is 12.7. The number of carbonyl (C=O) groups excluding carboxylic acids is 2. The van der Waals surface area contributed by atoms with E-state index in [2.05, 4.69) is 21.2 Å². The summed E-state index contributed by atoms with van der Waals surface area (Å²) in [6.45, 7) is 1.96. The average molecular weight is 384 g/mol. The van der Waals surface area contributed by atoms with Crippen LogP contribution < -0.4 is 5.32 Å². The maximum absolute atomic E-state index is 12.7. The molecule has 1 heterocycles. The van der Waals surface area contributed by atoms with Gasteiger partial charge in [0.1, 0.15) is 0 Å². The van der Waals surface area contributed by atoms with Crippen LogP contribution in [-0.4, -0.2) is 11.7 Å². The number of halogens is 1. The third kappa shape index (κ3) is 3.49. The molecule has 1 atom stereocenters. The molecule has 1 amide bonds. The van der Waals surface area contributed by atoms with Gasteiger partial charge in [-0.25, -0.2) is 0 Å². The summed E-state index contributed by atoms with van der Waals surface area (Å²) in [5, 5.41) is 2.86. The Morgan fingerprint density at radius 1 is 1.21 bits per heavy atom. The third-order valence-corrected chi connectivity index (χ3v) is 4.73. The van der Waals surface area contributed by atoms with E-state index < -0.39 is 5.92 Å². The molecule has 0 spiro atoms. The number of nitrogens with one attached hydrogen (secondary N) is 1. The molecule has 2 aromatic rings. The second kappa shape index (κ2) is 7.14. The molecule has 0 saturated carbocycles. The monoisotopic (exact) mass is 383 g/mol. The van der Waals surface area contributed by atoms with Crippen LogP contribution in [0.2, 0.25) is 0 Å². The summed E-state index contributed by atoms with van der Waals surface area (Å²) in [5.41, 5.74) is 3.43. The summed E-state index contributed by atoms with van der Waals surface area (Å²) in [6, 6.07) is 15.4. The van der Waals surface area contributed by atoms with Crippen LogP contribution in [0.1, 0.15) is 36.8 Å². The van der Waals surface area contributed by atoms with Crippen LogP contribution >= 0.6 is 15.9 Å².